The molecule has 2 aromatic rings. The molecule has 0 saturated carbocycles. The number of nitrogens with two attached hydrogens (primary N) is 1. The molecule has 3 nitrogen and oxygen atoms in total. The Bertz CT molecular complexity index is 587. The Kier molecular flexibility index (Phi) is 3.89. The summed E-state index contributed by atoms with van der Waals surface area (Å²) in [5, 5.41) is 0. The number of hydrogen-bond acceptors (Lipinski definition) is 3. The van der Waals surface area contributed by atoms with E-state index in [0.29, 0.717) is 11.3 Å². The Hall–Kier alpha value is -2.15. The summed E-state index contributed by atoms with van der Waals surface area (Å²) in [6, 6.07) is 7.37. The summed E-state index contributed by atoms with van der Waals surface area (Å²) in [6.07, 6.45) is -3.42. The molecule has 7 heteroatoms. The number of ether oxygens (including phenoxy) is 1. The number of nitrogens with zero attached hydrogens (tertiary/aromatic N) is 1. The molecular weight excluding hydrogens is 276 g/mol. The average Bonchev–Trinajstić information content (AvgIpc) is 2.40. The van der Waals surface area contributed by atoms with Gasteiger partial charge in [-0.1, -0.05) is 12.1 Å². The Balaban J connectivity index is 2.25. The number of rotatable bonds is 3. The zero-order valence-corrected chi connectivity index (χ0v) is 10.1. The molecular formula is C13H10F4N2O. The van der Waals surface area contributed by atoms with Gasteiger partial charge in [-0.05, 0) is 29.8 Å². The largest absolute Gasteiger partial charge is 0.573 e. The Morgan fingerprint density at radius 2 is 1.90 bits per heavy atom. The second-order valence-corrected chi connectivity index (χ2v) is 3.97. The van der Waals surface area contributed by atoms with Gasteiger partial charge in [0.15, 0.2) is 11.6 Å². The van der Waals surface area contributed by atoms with Crippen molar-refractivity contribution in [2.75, 3.05) is 0 Å². The second-order valence-electron chi connectivity index (χ2n) is 3.97. The molecule has 106 valence electrons. The van der Waals surface area contributed by atoms with E-state index in [-0.39, 0.29) is 0 Å². The van der Waals surface area contributed by atoms with Crippen LogP contribution in [0.2, 0.25) is 0 Å². The van der Waals surface area contributed by atoms with Crippen molar-refractivity contribution in [1.82, 2.24) is 4.98 Å². The lowest BCUT2D eigenvalue weighted by molar-refractivity contribution is -0.275. The summed E-state index contributed by atoms with van der Waals surface area (Å²) in [6.45, 7) is 0. The number of alkyl halides is 3. The topological polar surface area (TPSA) is 48.1 Å². The summed E-state index contributed by atoms with van der Waals surface area (Å²) < 4.78 is 53.2. The van der Waals surface area contributed by atoms with Gasteiger partial charge in [0, 0.05) is 6.20 Å². The fourth-order valence-electron chi connectivity index (χ4n) is 1.65. The third-order valence-electron chi connectivity index (χ3n) is 2.55. The zero-order valence-electron chi connectivity index (χ0n) is 10.1. The molecule has 1 unspecified atom stereocenters. The second kappa shape index (κ2) is 5.46. The normalized spacial score (nSPS) is 13.1. The van der Waals surface area contributed by atoms with E-state index in [2.05, 4.69) is 9.72 Å². The van der Waals surface area contributed by atoms with Crippen molar-refractivity contribution in [2.24, 2.45) is 5.73 Å². The minimum Gasteiger partial charge on any atom is -0.403 e. The lowest BCUT2D eigenvalue weighted by Gasteiger charge is -2.14. The average molecular weight is 286 g/mol. The SMILES string of the molecule is NC(c1ccc(OC(F)(F)F)c(F)c1)c1ccccn1. The van der Waals surface area contributed by atoms with Gasteiger partial charge in [-0.2, -0.15) is 0 Å². The van der Waals surface area contributed by atoms with E-state index in [0.717, 1.165) is 12.1 Å². The first-order valence-electron chi connectivity index (χ1n) is 5.58. The zero-order chi connectivity index (χ0) is 14.8. The quantitative estimate of drug-likeness (QED) is 0.882. The number of hydrogen-bond donors (Lipinski definition) is 1. The molecule has 0 aliphatic carbocycles. The summed E-state index contributed by atoms with van der Waals surface area (Å²) in [5.41, 5.74) is 6.65. The van der Waals surface area contributed by atoms with Crippen molar-refractivity contribution in [3.63, 3.8) is 0 Å². The van der Waals surface area contributed by atoms with E-state index < -0.39 is 24.0 Å². The highest BCUT2D eigenvalue weighted by Crippen LogP contribution is 2.28. The van der Waals surface area contributed by atoms with Gasteiger partial charge in [-0.25, -0.2) is 4.39 Å². The van der Waals surface area contributed by atoms with E-state index in [1.165, 1.54) is 12.3 Å². The molecule has 1 aromatic heterocycles. The summed E-state index contributed by atoms with van der Waals surface area (Å²) in [7, 11) is 0. The van der Waals surface area contributed by atoms with E-state index in [1.54, 1.807) is 18.2 Å². The van der Waals surface area contributed by atoms with Crippen molar-refractivity contribution < 1.29 is 22.3 Å². The molecule has 0 radical (unpaired) electrons. The molecule has 20 heavy (non-hydrogen) atoms. The van der Waals surface area contributed by atoms with Crippen LogP contribution in [0.3, 0.4) is 0 Å². The fourth-order valence-corrected chi connectivity index (χ4v) is 1.65. The molecule has 0 fully saturated rings. The summed E-state index contributed by atoms with van der Waals surface area (Å²) in [5.74, 6) is -2.03. The molecule has 0 aliphatic heterocycles. The van der Waals surface area contributed by atoms with Gasteiger partial charge >= 0.3 is 6.36 Å². The van der Waals surface area contributed by atoms with Gasteiger partial charge in [-0.3, -0.25) is 4.98 Å². The molecule has 2 N–H and O–H groups in total. The Morgan fingerprint density at radius 1 is 1.15 bits per heavy atom. The fraction of sp³-hybridized carbons (Fsp3) is 0.154. The van der Waals surface area contributed by atoms with Crippen LogP contribution in [0.1, 0.15) is 17.3 Å². The van der Waals surface area contributed by atoms with Gasteiger partial charge in [-0.15, -0.1) is 13.2 Å². The van der Waals surface area contributed by atoms with E-state index in [4.69, 9.17) is 5.73 Å². The van der Waals surface area contributed by atoms with Crippen molar-refractivity contribution >= 4 is 0 Å². The van der Waals surface area contributed by atoms with E-state index in [9.17, 15) is 17.6 Å². The lowest BCUT2D eigenvalue weighted by Crippen LogP contribution is -2.18. The molecule has 0 spiro atoms. The van der Waals surface area contributed by atoms with Crippen LogP contribution < -0.4 is 10.5 Å². The smallest absolute Gasteiger partial charge is 0.403 e. The number of aromatic nitrogens is 1. The van der Waals surface area contributed by atoms with Crippen molar-refractivity contribution in [3.8, 4) is 5.75 Å². The minimum absolute atomic E-state index is 0.302. The summed E-state index contributed by atoms with van der Waals surface area (Å²) >= 11 is 0. The maximum atomic E-state index is 13.6. The Morgan fingerprint density at radius 3 is 2.45 bits per heavy atom. The third kappa shape index (κ3) is 3.45. The lowest BCUT2D eigenvalue weighted by atomic mass is 10.0. The standard InChI is InChI=1S/C13H10F4N2O/c14-9-7-8(4-5-11(9)20-13(15,16)17)12(18)10-3-1-2-6-19-10/h1-7,12H,18H2. The van der Waals surface area contributed by atoms with Crippen molar-refractivity contribution in [3.05, 3.63) is 59.7 Å². The van der Waals surface area contributed by atoms with Crippen LogP contribution in [0.15, 0.2) is 42.6 Å². The minimum atomic E-state index is -4.94. The van der Waals surface area contributed by atoms with Crippen molar-refractivity contribution in [1.29, 1.82) is 0 Å². The predicted octanol–water partition coefficient (Wildman–Crippen LogP) is 3.17. The Labute approximate surface area is 112 Å². The monoisotopic (exact) mass is 286 g/mol. The van der Waals surface area contributed by atoms with Crippen LogP contribution in [0.25, 0.3) is 0 Å². The van der Waals surface area contributed by atoms with Crippen LogP contribution in [-0.4, -0.2) is 11.3 Å². The predicted molar refractivity (Wildman–Crippen MR) is 63.4 cm³/mol. The van der Waals surface area contributed by atoms with Crippen LogP contribution >= 0.6 is 0 Å². The van der Waals surface area contributed by atoms with Gasteiger partial charge in [0.05, 0.1) is 11.7 Å². The number of benzene rings is 1. The molecule has 0 bridgehead atoms. The molecule has 1 heterocycles. The molecule has 2 rings (SSSR count). The molecule has 1 aromatic carbocycles. The maximum absolute atomic E-state index is 13.6. The van der Waals surface area contributed by atoms with Crippen LogP contribution in [0, 0.1) is 5.82 Å². The maximum Gasteiger partial charge on any atom is 0.573 e. The highest BCUT2D eigenvalue weighted by Gasteiger charge is 2.32. The first kappa shape index (κ1) is 14.3. The van der Waals surface area contributed by atoms with Gasteiger partial charge < -0.3 is 10.5 Å². The molecule has 1 atom stereocenters. The third-order valence-corrected chi connectivity index (χ3v) is 2.55. The molecule has 0 amide bonds. The van der Waals surface area contributed by atoms with Crippen molar-refractivity contribution in [2.45, 2.75) is 12.4 Å². The van der Waals surface area contributed by atoms with E-state index in [1.807, 2.05) is 0 Å². The van der Waals surface area contributed by atoms with Gasteiger partial charge in [0.2, 0.25) is 0 Å². The molecule has 0 aliphatic rings. The van der Waals surface area contributed by atoms with Gasteiger partial charge in [0.25, 0.3) is 0 Å². The first-order valence-corrected chi connectivity index (χ1v) is 5.58. The highest BCUT2D eigenvalue weighted by molar-refractivity contribution is 5.34. The van der Waals surface area contributed by atoms with Gasteiger partial charge in [0.1, 0.15) is 0 Å². The van der Waals surface area contributed by atoms with Crippen LogP contribution in [0.5, 0.6) is 5.75 Å². The number of pyridine rings is 1. The molecule has 0 saturated heterocycles. The summed E-state index contributed by atoms with van der Waals surface area (Å²) in [4.78, 5) is 4.01. The van der Waals surface area contributed by atoms with Crippen LogP contribution in [-0.2, 0) is 0 Å². The number of halogens is 4. The van der Waals surface area contributed by atoms with Crippen LogP contribution in [0.4, 0.5) is 17.6 Å². The first-order chi connectivity index (χ1) is 9.37. The highest BCUT2D eigenvalue weighted by atomic mass is 19.4. The van der Waals surface area contributed by atoms with E-state index >= 15 is 0 Å².